The van der Waals surface area contributed by atoms with Crippen molar-refractivity contribution < 1.29 is 19.5 Å². The predicted molar refractivity (Wildman–Crippen MR) is 78.6 cm³/mol. The summed E-state index contributed by atoms with van der Waals surface area (Å²) in [7, 11) is 0. The Kier molecular flexibility index (Phi) is 5.32. The van der Waals surface area contributed by atoms with Crippen LogP contribution in [0.3, 0.4) is 0 Å². The molecule has 114 valence electrons. The van der Waals surface area contributed by atoms with Crippen molar-refractivity contribution in [1.82, 2.24) is 10.6 Å². The van der Waals surface area contributed by atoms with Gasteiger partial charge in [0.2, 0.25) is 5.91 Å². The third-order valence-electron chi connectivity index (χ3n) is 3.42. The van der Waals surface area contributed by atoms with E-state index in [-0.39, 0.29) is 28.2 Å². The van der Waals surface area contributed by atoms with Crippen molar-refractivity contribution in [2.75, 3.05) is 6.54 Å². The van der Waals surface area contributed by atoms with Gasteiger partial charge in [-0.05, 0) is 25.0 Å². The van der Waals surface area contributed by atoms with E-state index in [4.69, 9.17) is 5.11 Å². The van der Waals surface area contributed by atoms with E-state index in [9.17, 15) is 14.4 Å². The monoisotopic (exact) mass is 310 g/mol. The summed E-state index contributed by atoms with van der Waals surface area (Å²) in [5.41, 5.74) is 0. The molecule has 6 nitrogen and oxygen atoms in total. The van der Waals surface area contributed by atoms with Gasteiger partial charge in [-0.3, -0.25) is 9.59 Å². The van der Waals surface area contributed by atoms with Crippen LogP contribution in [-0.4, -0.2) is 35.5 Å². The van der Waals surface area contributed by atoms with Crippen molar-refractivity contribution in [3.8, 4) is 0 Å². The van der Waals surface area contributed by atoms with Gasteiger partial charge in [-0.15, -0.1) is 11.3 Å². The largest absolute Gasteiger partial charge is 0.477 e. The minimum Gasteiger partial charge on any atom is -0.477 e. The molecule has 1 aliphatic rings. The molecule has 2 amide bonds. The number of carboxylic acids is 1. The van der Waals surface area contributed by atoms with E-state index < -0.39 is 11.9 Å². The highest BCUT2D eigenvalue weighted by Crippen LogP contribution is 2.17. The maximum absolute atomic E-state index is 11.8. The van der Waals surface area contributed by atoms with E-state index in [0.29, 0.717) is 0 Å². The second-order valence-corrected chi connectivity index (χ2v) is 6.14. The van der Waals surface area contributed by atoms with Crippen LogP contribution in [-0.2, 0) is 4.79 Å². The summed E-state index contributed by atoms with van der Waals surface area (Å²) in [6.07, 6.45) is 5.46. The fourth-order valence-electron chi connectivity index (χ4n) is 2.35. The first-order valence-electron chi connectivity index (χ1n) is 6.97. The Labute approximate surface area is 126 Å². The lowest BCUT2D eigenvalue weighted by molar-refractivity contribution is -0.121. The molecule has 1 fully saturated rings. The summed E-state index contributed by atoms with van der Waals surface area (Å²) >= 11 is 0.893. The molecular formula is C14H18N2O4S. The normalized spacial score (nSPS) is 15.4. The molecule has 0 aliphatic heterocycles. The summed E-state index contributed by atoms with van der Waals surface area (Å²) in [5, 5.41) is 14.2. The van der Waals surface area contributed by atoms with Gasteiger partial charge < -0.3 is 15.7 Å². The van der Waals surface area contributed by atoms with Crippen LogP contribution < -0.4 is 10.6 Å². The van der Waals surface area contributed by atoms with Gasteiger partial charge in [0.1, 0.15) is 4.88 Å². The average molecular weight is 310 g/mol. The highest BCUT2D eigenvalue weighted by molar-refractivity contribution is 7.15. The zero-order chi connectivity index (χ0) is 15.2. The third kappa shape index (κ3) is 4.56. The first-order chi connectivity index (χ1) is 10.1. The van der Waals surface area contributed by atoms with Crippen LogP contribution in [0.5, 0.6) is 0 Å². The molecule has 1 aromatic heterocycles. The lowest BCUT2D eigenvalue weighted by atomic mass is 9.95. The molecular weight excluding hydrogens is 292 g/mol. The highest BCUT2D eigenvalue weighted by atomic mass is 32.1. The van der Waals surface area contributed by atoms with Crippen molar-refractivity contribution in [2.45, 2.75) is 38.1 Å². The molecule has 0 saturated heterocycles. The van der Waals surface area contributed by atoms with E-state index >= 15 is 0 Å². The Balaban J connectivity index is 1.77. The van der Waals surface area contributed by atoms with Crippen LogP contribution in [0.1, 0.15) is 51.4 Å². The number of aromatic carboxylic acids is 1. The van der Waals surface area contributed by atoms with Crippen LogP contribution in [0.15, 0.2) is 12.1 Å². The molecule has 1 saturated carbocycles. The molecule has 1 aromatic rings. The van der Waals surface area contributed by atoms with Gasteiger partial charge in [0.15, 0.2) is 0 Å². The van der Waals surface area contributed by atoms with E-state index in [1.807, 2.05) is 0 Å². The molecule has 7 heteroatoms. The second kappa shape index (κ2) is 7.21. The van der Waals surface area contributed by atoms with Crippen molar-refractivity contribution >= 4 is 29.1 Å². The smallest absolute Gasteiger partial charge is 0.345 e. The topological polar surface area (TPSA) is 95.5 Å². The SMILES string of the molecule is O=C(CNC(=O)c1ccc(C(=O)O)s1)NC1CCCCC1. The van der Waals surface area contributed by atoms with Crippen LogP contribution in [0.25, 0.3) is 0 Å². The highest BCUT2D eigenvalue weighted by Gasteiger charge is 2.17. The Morgan fingerprint density at radius 2 is 1.81 bits per heavy atom. The lowest BCUT2D eigenvalue weighted by Gasteiger charge is -2.22. The van der Waals surface area contributed by atoms with Crippen molar-refractivity contribution in [2.24, 2.45) is 0 Å². The minimum atomic E-state index is -1.06. The number of amides is 2. The quantitative estimate of drug-likeness (QED) is 0.770. The Morgan fingerprint density at radius 1 is 1.14 bits per heavy atom. The standard InChI is InChI=1S/C14H18N2O4S/c17-12(16-9-4-2-1-3-5-9)8-15-13(18)10-6-7-11(21-10)14(19)20/h6-7,9H,1-5,8H2,(H,15,18)(H,16,17)(H,19,20). The summed E-state index contributed by atoms with van der Waals surface area (Å²) < 4.78 is 0. The second-order valence-electron chi connectivity index (χ2n) is 5.05. The van der Waals surface area contributed by atoms with Gasteiger partial charge in [0, 0.05) is 6.04 Å². The Hall–Kier alpha value is -1.89. The fraction of sp³-hybridized carbons (Fsp3) is 0.500. The van der Waals surface area contributed by atoms with Gasteiger partial charge in [-0.1, -0.05) is 19.3 Å². The van der Waals surface area contributed by atoms with E-state index in [1.54, 1.807) is 0 Å². The molecule has 0 spiro atoms. The lowest BCUT2D eigenvalue weighted by Crippen LogP contribution is -2.42. The molecule has 0 radical (unpaired) electrons. The Bertz CT molecular complexity index is 535. The van der Waals surface area contributed by atoms with Gasteiger partial charge in [0.25, 0.3) is 5.91 Å². The van der Waals surface area contributed by atoms with Crippen LogP contribution in [0, 0.1) is 0 Å². The number of thiophene rings is 1. The molecule has 21 heavy (non-hydrogen) atoms. The van der Waals surface area contributed by atoms with Crippen molar-refractivity contribution in [3.05, 3.63) is 21.9 Å². The molecule has 0 bridgehead atoms. The molecule has 0 unspecified atom stereocenters. The maximum atomic E-state index is 11.8. The number of hydrogen-bond acceptors (Lipinski definition) is 4. The zero-order valence-corrected chi connectivity index (χ0v) is 12.4. The molecule has 3 N–H and O–H groups in total. The summed E-state index contributed by atoms with van der Waals surface area (Å²) in [6, 6.07) is 3.04. The number of carboxylic acid groups (broad SMARTS) is 1. The molecule has 1 heterocycles. The van der Waals surface area contributed by atoms with Crippen LogP contribution in [0.2, 0.25) is 0 Å². The summed E-state index contributed by atoms with van der Waals surface area (Å²) in [6.45, 7) is -0.0877. The summed E-state index contributed by atoms with van der Waals surface area (Å²) in [4.78, 5) is 34.7. The van der Waals surface area contributed by atoms with Gasteiger partial charge in [0.05, 0.1) is 11.4 Å². The minimum absolute atomic E-state index is 0.0877. The number of nitrogens with one attached hydrogen (secondary N) is 2. The first-order valence-corrected chi connectivity index (χ1v) is 7.78. The number of carbonyl (C=O) groups excluding carboxylic acids is 2. The van der Waals surface area contributed by atoms with E-state index in [2.05, 4.69) is 10.6 Å². The molecule has 2 rings (SSSR count). The maximum Gasteiger partial charge on any atom is 0.345 e. The number of hydrogen-bond donors (Lipinski definition) is 3. The van der Waals surface area contributed by atoms with Gasteiger partial charge >= 0.3 is 5.97 Å². The molecule has 1 aliphatic carbocycles. The van der Waals surface area contributed by atoms with Crippen LogP contribution in [0.4, 0.5) is 0 Å². The molecule has 0 aromatic carbocycles. The zero-order valence-electron chi connectivity index (χ0n) is 11.6. The molecule has 0 atom stereocenters. The third-order valence-corrected chi connectivity index (χ3v) is 4.49. The summed E-state index contributed by atoms with van der Waals surface area (Å²) in [5.74, 6) is -1.69. The predicted octanol–water partition coefficient (Wildman–Crippen LogP) is 1.62. The van der Waals surface area contributed by atoms with Crippen LogP contribution >= 0.6 is 11.3 Å². The van der Waals surface area contributed by atoms with E-state index in [1.165, 1.54) is 18.6 Å². The fourth-order valence-corrected chi connectivity index (χ4v) is 3.11. The van der Waals surface area contributed by atoms with Gasteiger partial charge in [-0.25, -0.2) is 4.79 Å². The number of rotatable bonds is 5. The van der Waals surface area contributed by atoms with E-state index in [0.717, 1.165) is 37.0 Å². The van der Waals surface area contributed by atoms with Crippen molar-refractivity contribution in [1.29, 1.82) is 0 Å². The Morgan fingerprint density at radius 3 is 2.43 bits per heavy atom. The number of carbonyl (C=O) groups is 3. The van der Waals surface area contributed by atoms with Crippen molar-refractivity contribution in [3.63, 3.8) is 0 Å². The first kappa shape index (κ1) is 15.5. The average Bonchev–Trinajstić information content (AvgIpc) is 2.96. The van der Waals surface area contributed by atoms with Gasteiger partial charge in [-0.2, -0.15) is 0 Å².